The molecule has 1 aromatic carbocycles. The van der Waals surface area contributed by atoms with Crippen molar-refractivity contribution in [3.05, 3.63) is 60.8 Å². The van der Waals surface area contributed by atoms with Crippen molar-refractivity contribution in [1.29, 1.82) is 0 Å². The van der Waals surface area contributed by atoms with Crippen molar-refractivity contribution in [3.63, 3.8) is 0 Å². The summed E-state index contributed by atoms with van der Waals surface area (Å²) < 4.78 is 6.93. The standard InChI is InChI=1S/C21H16N4O2/c1-27-17-10-4-9-15(23-17)13-7-3-8-14-19(22)18-16(24-20(13)14)11-25(21(18)26)12-5-2-6-12/h2-11,26H,22H2,1H3. The van der Waals surface area contributed by atoms with Crippen LogP contribution in [0.4, 0.5) is 5.69 Å². The zero-order valence-electron chi connectivity index (χ0n) is 14.5. The SMILES string of the molecule is COc1cccc(-c2cccc3c(N)c4c(O)n(C5=CC=C5)cc4nc23)n1. The van der Waals surface area contributed by atoms with Crippen molar-refractivity contribution >= 4 is 33.2 Å². The Morgan fingerprint density at radius 1 is 1.11 bits per heavy atom. The van der Waals surface area contributed by atoms with Gasteiger partial charge in [0.2, 0.25) is 11.8 Å². The number of aromatic nitrogens is 3. The maximum atomic E-state index is 10.7. The summed E-state index contributed by atoms with van der Waals surface area (Å²) in [5, 5.41) is 12.0. The number of para-hydroxylation sites is 1. The molecule has 1 aliphatic carbocycles. The third-order valence-electron chi connectivity index (χ3n) is 4.81. The van der Waals surface area contributed by atoms with Crippen LogP contribution in [-0.2, 0) is 0 Å². The summed E-state index contributed by atoms with van der Waals surface area (Å²) in [6.07, 6.45) is 7.55. The number of fused-ring (bicyclic) bond motifs is 2. The Bertz CT molecular complexity index is 1280. The fourth-order valence-corrected chi connectivity index (χ4v) is 3.39. The number of allylic oxidation sites excluding steroid dienone is 4. The first-order valence-corrected chi connectivity index (χ1v) is 8.50. The van der Waals surface area contributed by atoms with Gasteiger partial charge >= 0.3 is 0 Å². The van der Waals surface area contributed by atoms with Crippen molar-refractivity contribution in [1.82, 2.24) is 14.5 Å². The molecule has 6 heteroatoms. The summed E-state index contributed by atoms with van der Waals surface area (Å²) in [5.74, 6) is 0.628. The molecule has 3 heterocycles. The lowest BCUT2D eigenvalue weighted by molar-refractivity contribution is 0.398. The van der Waals surface area contributed by atoms with Gasteiger partial charge in [-0.25, -0.2) is 9.97 Å². The van der Waals surface area contributed by atoms with Gasteiger partial charge in [0, 0.05) is 28.9 Å². The molecule has 6 nitrogen and oxygen atoms in total. The van der Waals surface area contributed by atoms with Gasteiger partial charge in [0.25, 0.3) is 0 Å². The highest BCUT2D eigenvalue weighted by atomic mass is 16.5. The lowest BCUT2D eigenvalue weighted by atomic mass is 10.0. The molecule has 0 atom stereocenters. The maximum absolute atomic E-state index is 10.7. The van der Waals surface area contributed by atoms with Crippen molar-refractivity contribution in [3.8, 4) is 23.0 Å². The lowest BCUT2D eigenvalue weighted by Gasteiger charge is -2.10. The largest absolute Gasteiger partial charge is 0.494 e. The van der Waals surface area contributed by atoms with E-state index in [-0.39, 0.29) is 5.88 Å². The van der Waals surface area contributed by atoms with Crippen LogP contribution in [0.15, 0.2) is 60.8 Å². The van der Waals surface area contributed by atoms with E-state index in [1.165, 1.54) is 0 Å². The topological polar surface area (TPSA) is 86.2 Å². The van der Waals surface area contributed by atoms with E-state index in [2.05, 4.69) is 4.98 Å². The predicted molar refractivity (Wildman–Crippen MR) is 107 cm³/mol. The van der Waals surface area contributed by atoms with E-state index in [4.69, 9.17) is 15.5 Å². The average Bonchev–Trinajstić information content (AvgIpc) is 2.96. The normalized spacial score (nSPS) is 13.0. The van der Waals surface area contributed by atoms with Gasteiger partial charge in [-0.1, -0.05) is 30.3 Å². The van der Waals surface area contributed by atoms with Crippen molar-refractivity contribution < 1.29 is 9.84 Å². The van der Waals surface area contributed by atoms with E-state index in [0.29, 0.717) is 22.5 Å². The number of nitrogens with zero attached hydrogens (tertiary/aromatic N) is 3. The van der Waals surface area contributed by atoms with Gasteiger partial charge in [-0.3, -0.25) is 4.57 Å². The van der Waals surface area contributed by atoms with Crippen molar-refractivity contribution in [2.75, 3.05) is 12.8 Å². The van der Waals surface area contributed by atoms with E-state index < -0.39 is 0 Å². The number of anilines is 1. The van der Waals surface area contributed by atoms with Crippen LogP contribution >= 0.6 is 0 Å². The molecule has 0 bridgehead atoms. The van der Waals surface area contributed by atoms with E-state index in [1.807, 2.05) is 48.6 Å². The second-order valence-corrected chi connectivity index (χ2v) is 6.33. The van der Waals surface area contributed by atoms with Crippen LogP contribution in [0.2, 0.25) is 0 Å². The fraction of sp³-hybridized carbons (Fsp3) is 0.0476. The van der Waals surface area contributed by atoms with Crippen molar-refractivity contribution in [2.45, 2.75) is 0 Å². The molecule has 132 valence electrons. The van der Waals surface area contributed by atoms with E-state index in [1.54, 1.807) is 23.9 Å². The third-order valence-corrected chi connectivity index (χ3v) is 4.81. The Balaban J connectivity index is 1.81. The smallest absolute Gasteiger partial charge is 0.213 e. The number of nitrogen functional groups attached to an aromatic ring is 1. The minimum Gasteiger partial charge on any atom is -0.494 e. The molecular formula is C21H16N4O2. The number of ether oxygens (including phenoxy) is 1. The summed E-state index contributed by atoms with van der Waals surface area (Å²) in [6.45, 7) is 0. The van der Waals surface area contributed by atoms with Gasteiger partial charge in [0.1, 0.15) is 0 Å². The highest BCUT2D eigenvalue weighted by molar-refractivity contribution is 6.12. The number of rotatable bonds is 3. The number of aromatic hydroxyl groups is 1. The van der Waals surface area contributed by atoms with E-state index in [0.717, 1.165) is 27.9 Å². The van der Waals surface area contributed by atoms with Gasteiger partial charge < -0.3 is 15.6 Å². The number of pyridine rings is 2. The van der Waals surface area contributed by atoms with Crippen LogP contribution in [0.1, 0.15) is 0 Å². The zero-order chi connectivity index (χ0) is 18.5. The van der Waals surface area contributed by atoms with Crippen LogP contribution in [0.3, 0.4) is 0 Å². The maximum Gasteiger partial charge on any atom is 0.213 e. The molecule has 0 spiro atoms. The Kier molecular flexibility index (Phi) is 3.21. The van der Waals surface area contributed by atoms with E-state index in [9.17, 15) is 5.11 Å². The van der Waals surface area contributed by atoms with Crippen LogP contribution in [0, 0.1) is 0 Å². The minimum absolute atomic E-state index is 0.0948. The van der Waals surface area contributed by atoms with Crippen LogP contribution in [-0.4, -0.2) is 26.8 Å². The number of nitrogens with two attached hydrogens (primary N) is 1. The molecule has 0 saturated carbocycles. The monoisotopic (exact) mass is 356 g/mol. The van der Waals surface area contributed by atoms with Gasteiger partial charge in [0.15, 0.2) is 0 Å². The quantitative estimate of drug-likeness (QED) is 0.580. The molecule has 3 aromatic heterocycles. The molecule has 3 N–H and O–H groups in total. The average molecular weight is 356 g/mol. The van der Waals surface area contributed by atoms with Crippen molar-refractivity contribution in [2.24, 2.45) is 0 Å². The highest BCUT2D eigenvalue weighted by Gasteiger charge is 2.19. The molecule has 27 heavy (non-hydrogen) atoms. The molecule has 4 aromatic rings. The van der Waals surface area contributed by atoms with Crippen LogP contribution in [0.5, 0.6) is 11.8 Å². The summed E-state index contributed by atoms with van der Waals surface area (Å²) in [6, 6.07) is 11.4. The number of hydrogen-bond acceptors (Lipinski definition) is 5. The molecule has 5 rings (SSSR count). The van der Waals surface area contributed by atoms with Gasteiger partial charge in [0.05, 0.1) is 34.9 Å². The molecule has 0 fully saturated rings. The van der Waals surface area contributed by atoms with Gasteiger partial charge in [-0.15, -0.1) is 0 Å². The third kappa shape index (κ3) is 2.20. The number of hydrogen-bond donors (Lipinski definition) is 2. The molecule has 1 aliphatic rings. The number of benzene rings is 1. The minimum atomic E-state index is 0.0948. The summed E-state index contributed by atoms with van der Waals surface area (Å²) >= 11 is 0. The Labute approximate surface area is 154 Å². The fourth-order valence-electron chi connectivity index (χ4n) is 3.39. The second-order valence-electron chi connectivity index (χ2n) is 6.33. The van der Waals surface area contributed by atoms with E-state index >= 15 is 0 Å². The Morgan fingerprint density at radius 2 is 1.93 bits per heavy atom. The molecular weight excluding hydrogens is 340 g/mol. The predicted octanol–water partition coefficient (Wildman–Crippen LogP) is 3.96. The molecule has 0 unspecified atom stereocenters. The van der Waals surface area contributed by atoms with Gasteiger partial charge in [-0.05, 0) is 18.2 Å². The first-order valence-electron chi connectivity index (χ1n) is 8.50. The zero-order valence-corrected chi connectivity index (χ0v) is 14.5. The Morgan fingerprint density at radius 3 is 2.67 bits per heavy atom. The lowest BCUT2D eigenvalue weighted by Crippen LogP contribution is -1.95. The summed E-state index contributed by atoms with van der Waals surface area (Å²) in [7, 11) is 1.59. The molecule has 0 saturated heterocycles. The molecule has 0 amide bonds. The molecule has 0 aliphatic heterocycles. The highest BCUT2D eigenvalue weighted by Crippen LogP contribution is 2.40. The molecule has 0 radical (unpaired) electrons. The second kappa shape index (κ2) is 5.60. The first-order chi connectivity index (χ1) is 13.2. The summed E-state index contributed by atoms with van der Waals surface area (Å²) in [5.41, 5.74) is 10.8. The summed E-state index contributed by atoms with van der Waals surface area (Å²) in [4.78, 5) is 9.32. The van der Waals surface area contributed by atoms with Crippen LogP contribution < -0.4 is 10.5 Å². The number of methoxy groups -OCH3 is 1. The van der Waals surface area contributed by atoms with Gasteiger partial charge in [-0.2, -0.15) is 0 Å². The Hall–Kier alpha value is -3.80. The first kappa shape index (κ1) is 15.5. The van der Waals surface area contributed by atoms with Crippen LogP contribution in [0.25, 0.3) is 38.8 Å².